The van der Waals surface area contributed by atoms with Crippen LogP contribution in [0.3, 0.4) is 0 Å². The number of nitrogens with zero attached hydrogens (tertiary/aromatic N) is 1. The smallest absolute Gasteiger partial charge is 0.343 e. The highest BCUT2D eigenvalue weighted by atomic mass is 79.9. The molecule has 1 N–H and O–H groups in total. The standard InChI is InChI=1S/C27H27BrN2O4/c1-17(2)21-10-7-19(4)25(14-21)33-16-26(31)30-29-15-22-13-23(28)11-12-24(22)34-27(32)20-8-5-18(3)6-9-20/h5-15,17H,16H2,1-4H3,(H,30,31)/b29-15+. The van der Waals surface area contributed by atoms with Gasteiger partial charge in [0.05, 0.1) is 11.8 Å². The van der Waals surface area contributed by atoms with E-state index < -0.39 is 11.9 Å². The monoisotopic (exact) mass is 522 g/mol. The predicted molar refractivity (Wildman–Crippen MR) is 137 cm³/mol. The zero-order chi connectivity index (χ0) is 24.7. The van der Waals surface area contributed by atoms with Crippen LogP contribution < -0.4 is 14.9 Å². The topological polar surface area (TPSA) is 77.0 Å². The quantitative estimate of drug-likeness (QED) is 0.172. The lowest BCUT2D eigenvalue weighted by molar-refractivity contribution is -0.123. The van der Waals surface area contributed by atoms with Crippen LogP contribution in [-0.4, -0.2) is 24.7 Å². The Morgan fingerprint density at radius 2 is 1.74 bits per heavy atom. The van der Waals surface area contributed by atoms with Crippen LogP contribution >= 0.6 is 15.9 Å². The van der Waals surface area contributed by atoms with E-state index in [0.717, 1.165) is 21.2 Å². The van der Waals surface area contributed by atoms with Gasteiger partial charge < -0.3 is 9.47 Å². The Labute approximate surface area is 208 Å². The largest absolute Gasteiger partial charge is 0.483 e. The molecule has 0 saturated carbocycles. The van der Waals surface area contributed by atoms with E-state index in [1.165, 1.54) is 6.21 Å². The molecular formula is C27H27BrN2O4. The molecule has 0 aliphatic rings. The first-order chi connectivity index (χ1) is 16.2. The lowest BCUT2D eigenvalue weighted by Gasteiger charge is -2.12. The van der Waals surface area contributed by atoms with Gasteiger partial charge in [0.2, 0.25) is 0 Å². The van der Waals surface area contributed by atoms with Gasteiger partial charge >= 0.3 is 5.97 Å². The van der Waals surface area contributed by atoms with Crippen molar-refractivity contribution in [1.29, 1.82) is 0 Å². The number of ether oxygens (including phenoxy) is 2. The molecule has 0 fully saturated rings. The van der Waals surface area contributed by atoms with Crippen LogP contribution in [0.25, 0.3) is 0 Å². The third-order valence-corrected chi connectivity index (χ3v) is 5.59. The maximum Gasteiger partial charge on any atom is 0.343 e. The van der Waals surface area contributed by atoms with Crippen LogP contribution in [0.1, 0.15) is 52.4 Å². The van der Waals surface area contributed by atoms with Crippen molar-refractivity contribution in [1.82, 2.24) is 5.43 Å². The molecule has 0 aliphatic carbocycles. The molecule has 0 unspecified atom stereocenters. The maximum absolute atomic E-state index is 12.5. The fourth-order valence-corrected chi connectivity index (χ4v) is 3.42. The summed E-state index contributed by atoms with van der Waals surface area (Å²) in [6.45, 7) is 7.91. The fraction of sp³-hybridized carbons (Fsp3) is 0.222. The fourth-order valence-electron chi connectivity index (χ4n) is 3.04. The molecule has 0 spiro atoms. The molecule has 7 heteroatoms. The minimum absolute atomic E-state index is 0.173. The van der Waals surface area contributed by atoms with E-state index in [-0.39, 0.29) is 6.61 Å². The highest BCUT2D eigenvalue weighted by Crippen LogP contribution is 2.25. The number of carbonyl (C=O) groups excluding carboxylic acids is 2. The highest BCUT2D eigenvalue weighted by molar-refractivity contribution is 9.10. The Hall–Kier alpha value is -3.45. The highest BCUT2D eigenvalue weighted by Gasteiger charge is 2.12. The first-order valence-electron chi connectivity index (χ1n) is 10.9. The normalized spacial score (nSPS) is 11.0. The summed E-state index contributed by atoms with van der Waals surface area (Å²) in [6, 6.07) is 18.3. The average molecular weight is 523 g/mol. The zero-order valence-electron chi connectivity index (χ0n) is 19.6. The van der Waals surface area contributed by atoms with Crippen LogP contribution in [0, 0.1) is 13.8 Å². The Kier molecular flexibility index (Phi) is 8.60. The second-order valence-electron chi connectivity index (χ2n) is 8.20. The van der Waals surface area contributed by atoms with Gasteiger partial charge in [0, 0.05) is 10.0 Å². The summed E-state index contributed by atoms with van der Waals surface area (Å²) in [5.41, 5.74) is 6.56. The van der Waals surface area contributed by atoms with Crippen LogP contribution in [0.5, 0.6) is 11.5 Å². The number of amides is 1. The summed E-state index contributed by atoms with van der Waals surface area (Å²) in [5.74, 6) is 0.472. The van der Waals surface area contributed by atoms with Crippen molar-refractivity contribution in [2.24, 2.45) is 5.10 Å². The van der Waals surface area contributed by atoms with Crippen molar-refractivity contribution in [3.05, 3.63) is 93.0 Å². The molecule has 3 aromatic carbocycles. The van der Waals surface area contributed by atoms with Gasteiger partial charge in [-0.1, -0.05) is 59.6 Å². The number of hydrogen-bond donors (Lipinski definition) is 1. The van der Waals surface area contributed by atoms with E-state index in [2.05, 4.69) is 46.4 Å². The second kappa shape index (κ2) is 11.6. The van der Waals surface area contributed by atoms with Gasteiger partial charge in [-0.25, -0.2) is 10.2 Å². The molecule has 3 aromatic rings. The van der Waals surface area contributed by atoms with Crippen molar-refractivity contribution in [3.8, 4) is 11.5 Å². The Morgan fingerprint density at radius 1 is 1.00 bits per heavy atom. The number of esters is 1. The molecule has 0 aliphatic heterocycles. The van der Waals surface area contributed by atoms with Gasteiger partial charge in [0.15, 0.2) is 6.61 Å². The number of hydrogen-bond acceptors (Lipinski definition) is 5. The third-order valence-electron chi connectivity index (χ3n) is 5.09. The first kappa shape index (κ1) is 25.2. The molecule has 0 atom stereocenters. The molecule has 0 saturated heterocycles. The van der Waals surface area contributed by atoms with E-state index in [0.29, 0.717) is 28.5 Å². The second-order valence-corrected chi connectivity index (χ2v) is 9.11. The number of rotatable bonds is 8. The summed E-state index contributed by atoms with van der Waals surface area (Å²) >= 11 is 3.40. The van der Waals surface area contributed by atoms with E-state index in [9.17, 15) is 9.59 Å². The molecule has 0 aromatic heterocycles. The number of aryl methyl sites for hydroxylation is 2. The van der Waals surface area contributed by atoms with Crippen molar-refractivity contribution in [2.45, 2.75) is 33.6 Å². The number of benzene rings is 3. The first-order valence-corrected chi connectivity index (χ1v) is 11.7. The van der Waals surface area contributed by atoms with Gasteiger partial charge in [-0.2, -0.15) is 5.10 Å². The van der Waals surface area contributed by atoms with Crippen molar-refractivity contribution >= 4 is 34.0 Å². The summed E-state index contributed by atoms with van der Waals surface area (Å²) < 4.78 is 12.0. The van der Waals surface area contributed by atoms with Crippen LogP contribution in [0.15, 0.2) is 70.2 Å². The summed E-state index contributed by atoms with van der Waals surface area (Å²) in [6.07, 6.45) is 1.42. The average Bonchev–Trinajstić information content (AvgIpc) is 2.80. The summed E-state index contributed by atoms with van der Waals surface area (Å²) in [5, 5.41) is 4.00. The van der Waals surface area contributed by atoms with Crippen LogP contribution in [0.2, 0.25) is 0 Å². The number of hydrazone groups is 1. The van der Waals surface area contributed by atoms with Gasteiger partial charge in [-0.3, -0.25) is 4.79 Å². The summed E-state index contributed by atoms with van der Waals surface area (Å²) in [4.78, 5) is 24.7. The number of nitrogens with one attached hydrogen (secondary N) is 1. The molecule has 34 heavy (non-hydrogen) atoms. The van der Waals surface area contributed by atoms with E-state index >= 15 is 0 Å². The molecule has 0 heterocycles. The molecule has 0 radical (unpaired) electrons. The zero-order valence-corrected chi connectivity index (χ0v) is 21.2. The van der Waals surface area contributed by atoms with Gasteiger partial charge in [-0.15, -0.1) is 0 Å². The minimum atomic E-state index is -0.478. The molecule has 1 amide bonds. The number of halogens is 1. The lowest BCUT2D eigenvalue weighted by Crippen LogP contribution is -2.24. The summed E-state index contributed by atoms with van der Waals surface area (Å²) in [7, 11) is 0. The molecule has 0 bridgehead atoms. The van der Waals surface area contributed by atoms with E-state index in [1.807, 2.05) is 38.1 Å². The van der Waals surface area contributed by atoms with Crippen molar-refractivity contribution in [3.63, 3.8) is 0 Å². The van der Waals surface area contributed by atoms with Crippen LogP contribution in [0.4, 0.5) is 0 Å². The molecule has 176 valence electrons. The Morgan fingerprint density at radius 3 is 2.44 bits per heavy atom. The van der Waals surface area contributed by atoms with Gasteiger partial charge in [0.1, 0.15) is 11.5 Å². The molecule has 6 nitrogen and oxygen atoms in total. The Balaban J connectivity index is 1.62. The van der Waals surface area contributed by atoms with Gasteiger partial charge in [0.25, 0.3) is 5.91 Å². The van der Waals surface area contributed by atoms with E-state index in [1.54, 1.807) is 30.3 Å². The third kappa shape index (κ3) is 7.02. The van der Waals surface area contributed by atoms with Crippen molar-refractivity contribution < 1.29 is 19.1 Å². The van der Waals surface area contributed by atoms with Crippen LogP contribution in [-0.2, 0) is 4.79 Å². The van der Waals surface area contributed by atoms with Crippen molar-refractivity contribution in [2.75, 3.05) is 6.61 Å². The maximum atomic E-state index is 12.5. The molecule has 3 rings (SSSR count). The minimum Gasteiger partial charge on any atom is -0.483 e. The van der Waals surface area contributed by atoms with Gasteiger partial charge in [-0.05, 0) is 67.3 Å². The predicted octanol–water partition coefficient (Wildman–Crippen LogP) is 5.94. The number of carbonyl (C=O) groups is 2. The Bertz CT molecular complexity index is 1200. The molecular weight excluding hydrogens is 496 g/mol. The van der Waals surface area contributed by atoms with E-state index in [4.69, 9.17) is 9.47 Å². The lowest BCUT2D eigenvalue weighted by atomic mass is 10.0. The SMILES string of the molecule is Cc1ccc(C(=O)Oc2ccc(Br)cc2/C=N/NC(=O)COc2cc(C(C)C)ccc2C)cc1.